The van der Waals surface area contributed by atoms with Gasteiger partial charge in [-0.2, -0.15) is 0 Å². The molecule has 128 valence electrons. The van der Waals surface area contributed by atoms with Gasteiger partial charge in [-0.1, -0.05) is 43.5 Å². The van der Waals surface area contributed by atoms with E-state index in [9.17, 15) is 9.90 Å². The maximum absolute atomic E-state index is 12.1. The second kappa shape index (κ2) is 9.14. The van der Waals surface area contributed by atoms with E-state index >= 15 is 0 Å². The number of hydrogen-bond donors (Lipinski definition) is 2. The molecule has 0 spiro atoms. The lowest BCUT2D eigenvalue weighted by Crippen LogP contribution is -2.37. The molecule has 4 nitrogen and oxygen atoms in total. The number of hydrogen-bond acceptors (Lipinski definition) is 3. The first kappa shape index (κ1) is 18.1. The van der Waals surface area contributed by atoms with Crippen molar-refractivity contribution in [2.45, 2.75) is 57.7 Å². The second-order valence-electron chi connectivity index (χ2n) is 6.20. The van der Waals surface area contributed by atoms with Gasteiger partial charge < -0.3 is 15.2 Å². The lowest BCUT2D eigenvalue weighted by molar-refractivity contribution is -0.123. The standard InChI is InChI=1S/C18H26ClNO3/c1-2-14(23-17-10-6-4-8-15(17)19)12-20-18(22)11-13-7-3-5-9-16(13)21/h4,6,8,10,13-14,16,21H,2-3,5,7,9,11-12H2,1H3,(H,20,22)/t13-,14+,16+/m1/s1. The Morgan fingerprint density at radius 1 is 1.39 bits per heavy atom. The normalized spacial score (nSPS) is 22.4. The van der Waals surface area contributed by atoms with E-state index in [-0.39, 0.29) is 24.0 Å². The molecule has 1 aromatic rings. The zero-order chi connectivity index (χ0) is 16.7. The Morgan fingerprint density at radius 2 is 2.13 bits per heavy atom. The highest BCUT2D eigenvalue weighted by Crippen LogP contribution is 2.27. The molecule has 23 heavy (non-hydrogen) atoms. The van der Waals surface area contributed by atoms with Gasteiger partial charge in [-0.3, -0.25) is 4.79 Å². The Balaban J connectivity index is 1.78. The fraction of sp³-hybridized carbons (Fsp3) is 0.611. The molecule has 0 aliphatic heterocycles. The molecular formula is C18H26ClNO3. The molecule has 0 saturated heterocycles. The van der Waals surface area contributed by atoms with Gasteiger partial charge >= 0.3 is 0 Å². The lowest BCUT2D eigenvalue weighted by atomic mass is 9.84. The molecule has 3 atom stereocenters. The minimum absolute atomic E-state index is 0.0165. The van der Waals surface area contributed by atoms with Crippen LogP contribution >= 0.6 is 11.6 Å². The molecule has 2 rings (SSSR count). The van der Waals surface area contributed by atoms with Crippen molar-refractivity contribution in [1.82, 2.24) is 5.32 Å². The van der Waals surface area contributed by atoms with Crippen LogP contribution in [0.2, 0.25) is 5.02 Å². The monoisotopic (exact) mass is 339 g/mol. The Morgan fingerprint density at radius 3 is 2.83 bits per heavy atom. The van der Waals surface area contributed by atoms with Gasteiger partial charge in [0.15, 0.2) is 0 Å². The van der Waals surface area contributed by atoms with E-state index in [2.05, 4.69) is 5.32 Å². The number of aliphatic hydroxyl groups is 1. The number of para-hydroxylation sites is 1. The van der Waals surface area contributed by atoms with Crippen molar-refractivity contribution in [3.05, 3.63) is 29.3 Å². The molecule has 1 fully saturated rings. The number of carbonyl (C=O) groups is 1. The van der Waals surface area contributed by atoms with Crippen LogP contribution in [0, 0.1) is 5.92 Å². The Kier molecular flexibility index (Phi) is 7.18. The Bertz CT molecular complexity index is 509. The van der Waals surface area contributed by atoms with Crippen LogP contribution in [-0.2, 0) is 4.79 Å². The van der Waals surface area contributed by atoms with Crippen LogP contribution < -0.4 is 10.1 Å². The molecule has 0 radical (unpaired) electrons. The van der Waals surface area contributed by atoms with Gasteiger partial charge in [-0.05, 0) is 37.3 Å². The molecule has 0 heterocycles. The Hall–Kier alpha value is -1.26. The van der Waals surface area contributed by atoms with Crippen LogP contribution in [0.25, 0.3) is 0 Å². The summed E-state index contributed by atoms with van der Waals surface area (Å²) in [6.07, 6.45) is 4.62. The number of nitrogens with one attached hydrogen (secondary N) is 1. The van der Waals surface area contributed by atoms with Gasteiger partial charge in [-0.15, -0.1) is 0 Å². The third-order valence-corrected chi connectivity index (χ3v) is 4.74. The first-order valence-electron chi connectivity index (χ1n) is 8.46. The molecule has 0 unspecified atom stereocenters. The highest BCUT2D eigenvalue weighted by Gasteiger charge is 2.25. The average molecular weight is 340 g/mol. The minimum atomic E-state index is -0.337. The molecule has 2 N–H and O–H groups in total. The van der Waals surface area contributed by atoms with Crippen LogP contribution in [0.3, 0.4) is 0 Å². The number of halogens is 1. The maximum atomic E-state index is 12.1. The summed E-state index contributed by atoms with van der Waals surface area (Å²) in [5.41, 5.74) is 0. The van der Waals surface area contributed by atoms with Crippen molar-refractivity contribution >= 4 is 17.5 Å². The predicted octanol–water partition coefficient (Wildman–Crippen LogP) is 3.55. The van der Waals surface area contributed by atoms with Gasteiger partial charge in [-0.25, -0.2) is 0 Å². The third-order valence-electron chi connectivity index (χ3n) is 4.43. The molecule has 0 bridgehead atoms. The van der Waals surface area contributed by atoms with E-state index in [4.69, 9.17) is 16.3 Å². The quantitative estimate of drug-likeness (QED) is 0.798. The van der Waals surface area contributed by atoms with Crippen LogP contribution in [0.5, 0.6) is 5.75 Å². The first-order valence-corrected chi connectivity index (χ1v) is 8.84. The van der Waals surface area contributed by atoms with Crippen molar-refractivity contribution < 1.29 is 14.6 Å². The largest absolute Gasteiger partial charge is 0.487 e. The van der Waals surface area contributed by atoms with Crippen LogP contribution in [-0.4, -0.2) is 29.8 Å². The van der Waals surface area contributed by atoms with Crippen LogP contribution in [0.1, 0.15) is 45.4 Å². The zero-order valence-corrected chi connectivity index (χ0v) is 14.4. The average Bonchev–Trinajstić information content (AvgIpc) is 2.55. The summed E-state index contributed by atoms with van der Waals surface area (Å²) in [5.74, 6) is 0.712. The number of carbonyl (C=O) groups excluding carboxylic acids is 1. The highest BCUT2D eigenvalue weighted by atomic mass is 35.5. The van der Waals surface area contributed by atoms with Crippen molar-refractivity contribution in [1.29, 1.82) is 0 Å². The molecule has 1 aliphatic rings. The third kappa shape index (κ3) is 5.70. The van der Waals surface area contributed by atoms with E-state index in [1.807, 2.05) is 25.1 Å². The minimum Gasteiger partial charge on any atom is -0.487 e. The van der Waals surface area contributed by atoms with E-state index in [1.165, 1.54) is 0 Å². The number of ether oxygens (including phenoxy) is 1. The van der Waals surface area contributed by atoms with Crippen molar-refractivity contribution in [3.63, 3.8) is 0 Å². The maximum Gasteiger partial charge on any atom is 0.220 e. The second-order valence-corrected chi connectivity index (χ2v) is 6.61. The highest BCUT2D eigenvalue weighted by molar-refractivity contribution is 6.32. The lowest BCUT2D eigenvalue weighted by Gasteiger charge is -2.27. The summed E-state index contributed by atoms with van der Waals surface area (Å²) < 4.78 is 5.86. The van der Waals surface area contributed by atoms with E-state index < -0.39 is 0 Å². The number of rotatable bonds is 7. The van der Waals surface area contributed by atoms with Crippen LogP contribution in [0.15, 0.2) is 24.3 Å². The van der Waals surface area contributed by atoms with Gasteiger partial charge in [0.05, 0.1) is 17.7 Å². The van der Waals surface area contributed by atoms with Gasteiger partial charge in [0.2, 0.25) is 5.91 Å². The summed E-state index contributed by atoms with van der Waals surface area (Å²) in [6, 6.07) is 7.34. The fourth-order valence-electron chi connectivity index (χ4n) is 2.95. The molecule has 1 saturated carbocycles. The van der Waals surface area contributed by atoms with Gasteiger partial charge in [0.1, 0.15) is 11.9 Å². The topological polar surface area (TPSA) is 58.6 Å². The molecular weight excluding hydrogens is 314 g/mol. The van der Waals surface area contributed by atoms with Crippen molar-refractivity contribution in [3.8, 4) is 5.75 Å². The summed E-state index contributed by atoms with van der Waals surface area (Å²) >= 11 is 6.09. The summed E-state index contributed by atoms with van der Waals surface area (Å²) in [6.45, 7) is 2.46. The van der Waals surface area contributed by atoms with E-state index in [0.29, 0.717) is 23.7 Å². The predicted molar refractivity (Wildman–Crippen MR) is 91.8 cm³/mol. The SMILES string of the molecule is CC[C@@H](CNC(=O)C[C@H]1CCCC[C@@H]1O)Oc1ccccc1Cl. The summed E-state index contributed by atoms with van der Waals surface area (Å²) in [4.78, 5) is 12.1. The van der Waals surface area contributed by atoms with Crippen molar-refractivity contribution in [2.24, 2.45) is 5.92 Å². The van der Waals surface area contributed by atoms with E-state index in [1.54, 1.807) is 6.07 Å². The van der Waals surface area contributed by atoms with Crippen molar-refractivity contribution in [2.75, 3.05) is 6.54 Å². The first-order chi connectivity index (χ1) is 11.1. The summed E-state index contributed by atoms with van der Waals surface area (Å²) in [5, 5.41) is 13.4. The van der Waals surface area contributed by atoms with Crippen LogP contribution in [0.4, 0.5) is 0 Å². The molecule has 1 aromatic carbocycles. The van der Waals surface area contributed by atoms with Gasteiger partial charge in [0, 0.05) is 6.42 Å². The zero-order valence-electron chi connectivity index (χ0n) is 13.6. The number of aliphatic hydroxyl groups excluding tert-OH is 1. The molecule has 1 amide bonds. The Labute approximate surface area is 143 Å². The smallest absolute Gasteiger partial charge is 0.220 e. The number of amides is 1. The fourth-order valence-corrected chi connectivity index (χ4v) is 3.13. The summed E-state index contributed by atoms with van der Waals surface area (Å²) in [7, 11) is 0. The molecule has 0 aromatic heterocycles. The van der Waals surface area contributed by atoms with E-state index in [0.717, 1.165) is 32.1 Å². The molecule has 5 heteroatoms. The molecule has 1 aliphatic carbocycles. The van der Waals surface area contributed by atoms with Gasteiger partial charge in [0.25, 0.3) is 0 Å². The number of benzene rings is 1.